The second-order valence-corrected chi connectivity index (χ2v) is 10.1. The van der Waals surface area contributed by atoms with E-state index in [4.69, 9.17) is 5.73 Å². The highest BCUT2D eigenvalue weighted by atomic mass is 79.9. The minimum Gasteiger partial charge on any atom is -0.465 e. The summed E-state index contributed by atoms with van der Waals surface area (Å²) in [5, 5.41) is 15.2. The van der Waals surface area contributed by atoms with Gasteiger partial charge in [0.05, 0.1) is 9.99 Å². The molecule has 0 saturated carbocycles. The van der Waals surface area contributed by atoms with Crippen LogP contribution in [-0.4, -0.2) is 42.2 Å². The van der Waals surface area contributed by atoms with E-state index < -0.39 is 11.6 Å². The second-order valence-electron chi connectivity index (χ2n) is 9.39. The van der Waals surface area contributed by atoms with Crippen LogP contribution in [0.3, 0.4) is 0 Å². The van der Waals surface area contributed by atoms with Gasteiger partial charge in [-0.25, -0.2) is 19.7 Å². The van der Waals surface area contributed by atoms with Crippen molar-refractivity contribution in [3.8, 4) is 11.1 Å². The zero-order valence-electron chi connectivity index (χ0n) is 21.2. The third-order valence-corrected chi connectivity index (χ3v) is 6.86. The predicted octanol–water partition coefficient (Wildman–Crippen LogP) is 5.47. The Morgan fingerprint density at radius 2 is 1.87 bits per heavy atom. The number of nitrogens with zero attached hydrogens (tertiary/aromatic N) is 4. The Morgan fingerprint density at radius 1 is 1.13 bits per heavy atom. The Morgan fingerprint density at radius 3 is 2.50 bits per heavy atom. The van der Waals surface area contributed by atoms with Gasteiger partial charge in [-0.2, -0.15) is 0 Å². The number of nitrogens with one attached hydrogen (secondary N) is 2. The summed E-state index contributed by atoms with van der Waals surface area (Å²) in [6.45, 7) is 6.05. The van der Waals surface area contributed by atoms with Crippen LogP contribution in [0.5, 0.6) is 0 Å². The van der Waals surface area contributed by atoms with Crippen LogP contribution in [0, 0.1) is 0 Å². The predicted molar refractivity (Wildman–Crippen MR) is 151 cm³/mol. The third kappa shape index (κ3) is 5.83. The molecule has 0 atom stereocenters. The van der Waals surface area contributed by atoms with Gasteiger partial charge < -0.3 is 26.0 Å². The van der Waals surface area contributed by atoms with Crippen molar-refractivity contribution >= 4 is 50.6 Å². The highest BCUT2D eigenvalue weighted by molar-refractivity contribution is 9.10. The van der Waals surface area contributed by atoms with Crippen molar-refractivity contribution in [3.05, 3.63) is 76.8 Å². The topological polar surface area (TPSA) is 148 Å². The number of carbonyl (C=O) groups is 2. The molecule has 0 aliphatic carbocycles. The molecule has 1 aromatic carbocycles. The molecule has 3 heterocycles. The Labute approximate surface area is 228 Å². The maximum absolute atomic E-state index is 12.7. The molecule has 0 aliphatic heterocycles. The number of hydrogen-bond donors (Lipinski definition) is 4. The lowest BCUT2D eigenvalue weighted by Gasteiger charge is -2.26. The van der Waals surface area contributed by atoms with Gasteiger partial charge in [0, 0.05) is 29.4 Å². The van der Waals surface area contributed by atoms with Crippen LogP contribution in [0.2, 0.25) is 0 Å². The number of carbonyl (C=O) groups excluding carboxylic acids is 1. The first-order chi connectivity index (χ1) is 18.1. The highest BCUT2D eigenvalue weighted by Crippen LogP contribution is 2.40. The van der Waals surface area contributed by atoms with Gasteiger partial charge in [0.15, 0.2) is 0 Å². The zero-order valence-corrected chi connectivity index (χ0v) is 22.8. The van der Waals surface area contributed by atoms with Gasteiger partial charge in [-0.1, -0.05) is 29.8 Å². The summed E-state index contributed by atoms with van der Waals surface area (Å²) in [6, 6.07) is 12.5. The molecule has 0 fully saturated rings. The fraction of sp³-hybridized carbons (Fsp3) is 0.222. The van der Waals surface area contributed by atoms with Crippen molar-refractivity contribution in [2.45, 2.75) is 39.3 Å². The molecule has 0 spiro atoms. The van der Waals surface area contributed by atoms with Crippen LogP contribution < -0.4 is 16.4 Å². The van der Waals surface area contributed by atoms with Gasteiger partial charge in [0.1, 0.15) is 23.6 Å². The standard InChI is InChI=1S/C27H28BrN7O3/c1-4-16(13-27(2,3)34-26(37)38)14-35-22(28)20(21-23(29)31-15-32-24(21)35)17-8-10-18(11-9-17)25(36)33-19-7-5-6-12-30-19/h4-12,15,34H,13-14H2,1-3H3,(H,37,38)(H2,29,31,32)(H,30,33,36). The Kier molecular flexibility index (Phi) is 7.77. The van der Waals surface area contributed by atoms with Crippen molar-refractivity contribution in [1.29, 1.82) is 0 Å². The number of allylic oxidation sites excluding steroid dienone is 1. The number of halogens is 1. The Hall–Kier alpha value is -4.25. The molecule has 0 saturated heterocycles. The normalized spacial score (nSPS) is 11.9. The molecule has 10 nitrogen and oxygen atoms in total. The molecule has 4 rings (SSSR count). The summed E-state index contributed by atoms with van der Waals surface area (Å²) in [7, 11) is 0. The van der Waals surface area contributed by atoms with E-state index in [1.165, 1.54) is 6.33 Å². The van der Waals surface area contributed by atoms with E-state index >= 15 is 0 Å². The van der Waals surface area contributed by atoms with Crippen LogP contribution in [0.25, 0.3) is 22.2 Å². The monoisotopic (exact) mass is 577 g/mol. The van der Waals surface area contributed by atoms with Crippen molar-refractivity contribution in [2.75, 3.05) is 11.1 Å². The van der Waals surface area contributed by atoms with E-state index in [1.54, 1.807) is 36.5 Å². The molecule has 0 unspecified atom stereocenters. The minimum atomic E-state index is -1.07. The first kappa shape index (κ1) is 26.8. The largest absolute Gasteiger partial charge is 0.465 e. The number of anilines is 2. The number of hydrogen-bond acceptors (Lipinski definition) is 6. The van der Waals surface area contributed by atoms with Gasteiger partial charge in [-0.3, -0.25) is 4.79 Å². The van der Waals surface area contributed by atoms with Crippen LogP contribution >= 0.6 is 15.9 Å². The molecule has 2 amide bonds. The van der Waals surface area contributed by atoms with Gasteiger partial charge in [0.2, 0.25) is 0 Å². The molecule has 196 valence electrons. The molecular formula is C27H28BrN7O3. The number of aromatic nitrogens is 4. The first-order valence-corrected chi connectivity index (χ1v) is 12.6. The van der Waals surface area contributed by atoms with Crippen molar-refractivity contribution in [2.24, 2.45) is 0 Å². The molecule has 0 aliphatic rings. The summed E-state index contributed by atoms with van der Waals surface area (Å²) < 4.78 is 2.73. The molecule has 11 heteroatoms. The van der Waals surface area contributed by atoms with Crippen molar-refractivity contribution in [3.63, 3.8) is 0 Å². The van der Waals surface area contributed by atoms with Gasteiger partial charge in [-0.05, 0) is 73.0 Å². The van der Waals surface area contributed by atoms with E-state index in [2.05, 4.69) is 41.5 Å². The minimum absolute atomic E-state index is 0.269. The Balaban J connectivity index is 1.68. The fourth-order valence-electron chi connectivity index (χ4n) is 4.34. The number of nitrogen functional groups attached to an aromatic ring is 1. The molecule has 38 heavy (non-hydrogen) atoms. The molecule has 4 aromatic rings. The number of amides is 2. The first-order valence-electron chi connectivity index (χ1n) is 11.9. The molecule has 5 N–H and O–H groups in total. The zero-order chi connectivity index (χ0) is 27.4. The van der Waals surface area contributed by atoms with E-state index in [-0.39, 0.29) is 5.91 Å². The van der Waals surface area contributed by atoms with E-state index in [9.17, 15) is 14.7 Å². The van der Waals surface area contributed by atoms with Gasteiger partial charge in [-0.15, -0.1) is 0 Å². The maximum Gasteiger partial charge on any atom is 0.405 e. The number of benzene rings is 1. The number of rotatable bonds is 8. The molecule has 3 aromatic heterocycles. The summed E-state index contributed by atoms with van der Waals surface area (Å²) in [5.74, 6) is 0.532. The van der Waals surface area contributed by atoms with Crippen LogP contribution in [0.1, 0.15) is 37.6 Å². The third-order valence-electron chi connectivity index (χ3n) is 6.03. The lowest BCUT2D eigenvalue weighted by Crippen LogP contribution is -2.43. The van der Waals surface area contributed by atoms with Gasteiger partial charge >= 0.3 is 6.09 Å². The van der Waals surface area contributed by atoms with Gasteiger partial charge in [0.25, 0.3) is 5.91 Å². The highest BCUT2D eigenvalue weighted by Gasteiger charge is 2.25. The lowest BCUT2D eigenvalue weighted by molar-refractivity contribution is 0.102. The average Bonchev–Trinajstić information content (AvgIpc) is 3.15. The molecule has 0 bridgehead atoms. The number of carboxylic acid groups (broad SMARTS) is 1. The Bertz CT molecular complexity index is 1510. The van der Waals surface area contributed by atoms with Crippen LogP contribution in [0.4, 0.5) is 16.4 Å². The quantitative estimate of drug-likeness (QED) is 0.203. The van der Waals surface area contributed by atoms with Crippen molar-refractivity contribution in [1.82, 2.24) is 24.8 Å². The summed E-state index contributed by atoms with van der Waals surface area (Å²) in [6.07, 6.45) is 4.43. The average molecular weight is 578 g/mol. The van der Waals surface area contributed by atoms with E-state index in [1.807, 2.05) is 43.5 Å². The van der Waals surface area contributed by atoms with Crippen LogP contribution in [0.15, 0.2) is 71.2 Å². The van der Waals surface area contributed by atoms with Crippen LogP contribution in [-0.2, 0) is 6.54 Å². The number of fused-ring (bicyclic) bond motifs is 1. The van der Waals surface area contributed by atoms with E-state index in [0.29, 0.717) is 41.2 Å². The maximum atomic E-state index is 12.7. The molecular weight excluding hydrogens is 550 g/mol. The van der Waals surface area contributed by atoms with Crippen molar-refractivity contribution < 1.29 is 14.7 Å². The smallest absolute Gasteiger partial charge is 0.405 e. The second kappa shape index (κ2) is 11.0. The fourth-order valence-corrected chi connectivity index (χ4v) is 5.06. The summed E-state index contributed by atoms with van der Waals surface area (Å²) >= 11 is 3.75. The molecule has 0 radical (unpaired) electrons. The number of nitrogens with two attached hydrogens (primary N) is 1. The van der Waals surface area contributed by atoms with E-state index in [0.717, 1.165) is 21.3 Å². The summed E-state index contributed by atoms with van der Waals surface area (Å²) in [4.78, 5) is 36.7. The lowest BCUT2D eigenvalue weighted by atomic mass is 9.94. The number of pyridine rings is 1. The summed E-state index contributed by atoms with van der Waals surface area (Å²) in [5.41, 5.74) is 9.40. The SMILES string of the molecule is CC=C(Cn1c(Br)c(-c2ccc(C(=O)Nc3ccccn3)cc2)c2c(N)ncnc21)CC(C)(C)NC(=O)O.